The molecule has 2 nitrogen and oxygen atoms in total. The Morgan fingerprint density at radius 3 is 2.62 bits per heavy atom. The fraction of sp³-hybridized carbons (Fsp3) is 0.923. The summed E-state index contributed by atoms with van der Waals surface area (Å²) in [5, 5.41) is 10.2. The number of rotatable bonds is 5. The van der Waals surface area contributed by atoms with Crippen molar-refractivity contribution in [1.82, 2.24) is 0 Å². The molecule has 3 atom stereocenters. The van der Waals surface area contributed by atoms with Crippen molar-refractivity contribution in [2.24, 2.45) is 11.3 Å². The van der Waals surface area contributed by atoms with Crippen LogP contribution >= 0.6 is 11.8 Å². The quantitative estimate of drug-likeness (QED) is 0.749. The van der Waals surface area contributed by atoms with Crippen LogP contribution in [0.3, 0.4) is 0 Å². The number of carbonyl (C=O) groups is 1. The van der Waals surface area contributed by atoms with E-state index in [0.29, 0.717) is 11.8 Å². The smallest absolute Gasteiger partial charge is 0.303 e. The van der Waals surface area contributed by atoms with E-state index in [9.17, 15) is 4.79 Å². The van der Waals surface area contributed by atoms with E-state index in [-0.39, 0.29) is 0 Å². The summed E-state index contributed by atoms with van der Waals surface area (Å²) in [4.78, 5) is 10.4. The van der Waals surface area contributed by atoms with Gasteiger partial charge in [0.05, 0.1) is 0 Å². The maximum Gasteiger partial charge on any atom is 0.303 e. The summed E-state index contributed by atoms with van der Waals surface area (Å²) in [5.41, 5.74) is 0.572. The van der Waals surface area contributed by atoms with Crippen molar-refractivity contribution in [1.29, 1.82) is 0 Å². The maximum absolute atomic E-state index is 10.4. The molecule has 2 saturated heterocycles. The van der Waals surface area contributed by atoms with Crippen molar-refractivity contribution in [2.75, 3.05) is 0 Å². The summed E-state index contributed by atoms with van der Waals surface area (Å²) in [6.07, 6.45) is 6.29. The Hall–Kier alpha value is -0.180. The van der Waals surface area contributed by atoms with Gasteiger partial charge in [0, 0.05) is 16.9 Å². The minimum atomic E-state index is -0.653. The summed E-state index contributed by atoms with van der Waals surface area (Å²) in [6, 6.07) is 0. The van der Waals surface area contributed by atoms with Crippen LogP contribution in [0.4, 0.5) is 0 Å². The molecule has 2 bridgehead atoms. The van der Waals surface area contributed by atoms with Crippen LogP contribution in [0, 0.1) is 11.3 Å². The van der Waals surface area contributed by atoms with Gasteiger partial charge < -0.3 is 5.11 Å². The number of thioether (sulfide) groups is 1. The van der Waals surface area contributed by atoms with E-state index in [0.717, 1.165) is 29.3 Å². The van der Waals surface area contributed by atoms with E-state index in [2.05, 4.69) is 25.6 Å². The van der Waals surface area contributed by atoms with Crippen LogP contribution in [0.2, 0.25) is 0 Å². The third-order valence-electron chi connectivity index (χ3n) is 4.45. The van der Waals surface area contributed by atoms with Crippen LogP contribution in [0.15, 0.2) is 0 Å². The molecule has 3 unspecified atom stereocenters. The van der Waals surface area contributed by atoms with E-state index in [4.69, 9.17) is 5.11 Å². The standard InChI is InChI=1S/C13H22O2S/c1-13(2)9-7-10(16-11(13)8-9)5-3-4-6-12(14)15/h9-11H,3-8H2,1-2H3,(H,14,15). The van der Waals surface area contributed by atoms with E-state index in [1.807, 2.05) is 0 Å². The zero-order valence-corrected chi connectivity index (χ0v) is 11.1. The monoisotopic (exact) mass is 242 g/mol. The number of carboxylic acids is 1. The molecule has 1 N–H and O–H groups in total. The van der Waals surface area contributed by atoms with Crippen LogP contribution in [0.25, 0.3) is 0 Å². The van der Waals surface area contributed by atoms with Crippen molar-refractivity contribution in [3.63, 3.8) is 0 Å². The van der Waals surface area contributed by atoms with Crippen molar-refractivity contribution in [2.45, 2.75) is 62.9 Å². The summed E-state index contributed by atoms with van der Waals surface area (Å²) in [6.45, 7) is 4.80. The van der Waals surface area contributed by atoms with Crippen LogP contribution in [-0.4, -0.2) is 21.6 Å². The van der Waals surface area contributed by atoms with Gasteiger partial charge in [-0.3, -0.25) is 4.79 Å². The molecule has 2 heterocycles. The van der Waals surface area contributed by atoms with Crippen LogP contribution in [0.5, 0.6) is 0 Å². The van der Waals surface area contributed by atoms with E-state index in [1.54, 1.807) is 0 Å². The van der Waals surface area contributed by atoms with Gasteiger partial charge in [0.25, 0.3) is 0 Å². The first kappa shape index (κ1) is 12.3. The first-order chi connectivity index (χ1) is 7.50. The molecule has 1 aliphatic carbocycles. The molecule has 3 heteroatoms. The zero-order chi connectivity index (χ0) is 11.8. The highest BCUT2D eigenvalue weighted by Gasteiger charge is 2.52. The molecular weight excluding hydrogens is 220 g/mol. The van der Waals surface area contributed by atoms with E-state index in [1.165, 1.54) is 19.3 Å². The summed E-state index contributed by atoms with van der Waals surface area (Å²) in [7, 11) is 0. The molecule has 2 aliphatic heterocycles. The average Bonchev–Trinajstić information content (AvgIpc) is 2.24. The molecule has 3 aliphatic rings. The third-order valence-corrected chi connectivity index (χ3v) is 6.39. The van der Waals surface area contributed by atoms with Crippen LogP contribution in [0.1, 0.15) is 52.4 Å². The van der Waals surface area contributed by atoms with Crippen molar-refractivity contribution in [3.8, 4) is 0 Å². The van der Waals surface area contributed by atoms with E-state index >= 15 is 0 Å². The van der Waals surface area contributed by atoms with Crippen molar-refractivity contribution < 1.29 is 9.90 Å². The molecule has 16 heavy (non-hydrogen) atoms. The number of aliphatic carboxylic acids is 1. The maximum atomic E-state index is 10.4. The van der Waals surface area contributed by atoms with Gasteiger partial charge in [0.2, 0.25) is 0 Å². The molecule has 0 aromatic heterocycles. The SMILES string of the molecule is CC1(C)C2CC(CCCCC(=O)O)SC1C2. The number of unbranched alkanes of at least 4 members (excludes halogenated alkanes) is 1. The van der Waals surface area contributed by atoms with Crippen molar-refractivity contribution in [3.05, 3.63) is 0 Å². The normalized spacial score (nSPS) is 35.5. The molecular formula is C13H22O2S. The van der Waals surface area contributed by atoms with Gasteiger partial charge in [-0.05, 0) is 37.0 Å². The molecule has 0 aromatic carbocycles. The predicted molar refractivity (Wildman–Crippen MR) is 67.8 cm³/mol. The molecule has 0 amide bonds. The lowest BCUT2D eigenvalue weighted by Gasteiger charge is -2.58. The average molecular weight is 242 g/mol. The first-order valence-electron chi connectivity index (χ1n) is 6.37. The number of hydrogen-bond donors (Lipinski definition) is 1. The lowest BCUT2D eigenvalue weighted by Crippen LogP contribution is -2.52. The van der Waals surface area contributed by atoms with Gasteiger partial charge in [0.15, 0.2) is 0 Å². The van der Waals surface area contributed by atoms with Crippen LogP contribution < -0.4 is 0 Å². The third kappa shape index (κ3) is 2.39. The zero-order valence-electron chi connectivity index (χ0n) is 10.2. The van der Waals surface area contributed by atoms with Crippen LogP contribution in [-0.2, 0) is 4.79 Å². The fourth-order valence-corrected chi connectivity index (χ4v) is 5.04. The Labute approximate surface area is 102 Å². The molecule has 0 aromatic rings. The molecule has 0 spiro atoms. The molecule has 1 saturated carbocycles. The van der Waals surface area contributed by atoms with Gasteiger partial charge in [-0.15, -0.1) is 0 Å². The van der Waals surface area contributed by atoms with Gasteiger partial charge in [-0.25, -0.2) is 0 Å². The topological polar surface area (TPSA) is 37.3 Å². The Morgan fingerprint density at radius 2 is 2.12 bits per heavy atom. The Kier molecular flexibility index (Phi) is 3.53. The van der Waals surface area contributed by atoms with E-state index < -0.39 is 5.97 Å². The molecule has 0 radical (unpaired) electrons. The fourth-order valence-electron chi connectivity index (χ4n) is 3.04. The largest absolute Gasteiger partial charge is 0.481 e. The lowest BCUT2D eigenvalue weighted by atomic mass is 9.60. The minimum absolute atomic E-state index is 0.343. The molecule has 3 fully saturated rings. The molecule has 3 rings (SSSR count). The Morgan fingerprint density at radius 1 is 1.38 bits per heavy atom. The lowest BCUT2D eigenvalue weighted by molar-refractivity contribution is -0.137. The predicted octanol–water partition coefficient (Wildman–Crippen LogP) is 3.55. The second kappa shape index (κ2) is 4.59. The summed E-state index contributed by atoms with van der Waals surface area (Å²) >= 11 is 2.17. The van der Waals surface area contributed by atoms with Gasteiger partial charge in [-0.2, -0.15) is 11.8 Å². The second-order valence-corrected chi connectivity index (χ2v) is 7.38. The highest BCUT2D eigenvalue weighted by Crippen LogP contribution is 2.61. The van der Waals surface area contributed by atoms with Gasteiger partial charge >= 0.3 is 5.97 Å². The van der Waals surface area contributed by atoms with Gasteiger partial charge in [-0.1, -0.05) is 20.3 Å². The molecule has 92 valence electrons. The minimum Gasteiger partial charge on any atom is -0.481 e. The van der Waals surface area contributed by atoms with Crippen molar-refractivity contribution >= 4 is 17.7 Å². The highest BCUT2D eigenvalue weighted by atomic mass is 32.2. The first-order valence-corrected chi connectivity index (χ1v) is 7.31. The Balaban J connectivity index is 1.65. The number of hydrogen-bond acceptors (Lipinski definition) is 2. The summed E-state index contributed by atoms with van der Waals surface area (Å²) < 4.78 is 0. The highest BCUT2D eigenvalue weighted by molar-refractivity contribution is 8.00. The summed E-state index contributed by atoms with van der Waals surface area (Å²) in [5.74, 6) is 0.281. The number of fused-ring (bicyclic) bond motifs is 2. The van der Waals surface area contributed by atoms with Gasteiger partial charge in [0.1, 0.15) is 0 Å². The Bertz CT molecular complexity index is 261. The number of carboxylic acid groups (broad SMARTS) is 1. The second-order valence-electron chi connectivity index (χ2n) is 5.88.